The van der Waals surface area contributed by atoms with Gasteiger partial charge in [-0.25, -0.2) is 18.4 Å². The van der Waals surface area contributed by atoms with Gasteiger partial charge in [0.25, 0.3) is 0 Å². The van der Waals surface area contributed by atoms with Gasteiger partial charge in [0.1, 0.15) is 17.2 Å². The molecule has 1 atom stereocenters. The summed E-state index contributed by atoms with van der Waals surface area (Å²) in [6.07, 6.45) is -4.01. The van der Waals surface area contributed by atoms with Crippen molar-refractivity contribution in [3.05, 3.63) is 0 Å². The summed E-state index contributed by atoms with van der Waals surface area (Å²) >= 11 is 0. The summed E-state index contributed by atoms with van der Waals surface area (Å²) in [6, 6.07) is -1.11. The number of alkyl halides is 2. The molecule has 0 unspecified atom stereocenters. The number of carbonyl (C=O) groups is 2. The monoisotopic (exact) mass is 323 g/mol. The van der Waals surface area contributed by atoms with E-state index in [1.807, 2.05) is 0 Å². The van der Waals surface area contributed by atoms with Crippen LogP contribution in [-0.2, 0) is 14.3 Å². The molecule has 7 heteroatoms. The van der Waals surface area contributed by atoms with E-state index >= 15 is 0 Å². The standard InChI is InChI=1S/C15H27F2NO4/c1-14(2,3)21-12(19)10(8-9-11(16)17)18(7)13(20)22-15(4,5)6/h10-11H,8-9H2,1-7H3/t10-/m0/s1. The van der Waals surface area contributed by atoms with Crippen molar-refractivity contribution in [2.75, 3.05) is 7.05 Å². The molecule has 0 aromatic rings. The molecule has 0 radical (unpaired) electrons. The molecule has 1 amide bonds. The Balaban J connectivity index is 5.05. The van der Waals surface area contributed by atoms with Crippen molar-refractivity contribution in [2.24, 2.45) is 0 Å². The third kappa shape index (κ3) is 8.79. The molecule has 22 heavy (non-hydrogen) atoms. The van der Waals surface area contributed by atoms with Gasteiger partial charge in [-0.2, -0.15) is 0 Å². The largest absolute Gasteiger partial charge is 0.458 e. The smallest absolute Gasteiger partial charge is 0.410 e. The van der Waals surface area contributed by atoms with Crippen LogP contribution in [-0.4, -0.2) is 47.7 Å². The fourth-order valence-electron chi connectivity index (χ4n) is 1.58. The van der Waals surface area contributed by atoms with Crippen LogP contribution in [0.3, 0.4) is 0 Å². The van der Waals surface area contributed by atoms with Gasteiger partial charge in [-0.15, -0.1) is 0 Å². The fraction of sp³-hybridized carbons (Fsp3) is 0.867. The zero-order valence-corrected chi connectivity index (χ0v) is 14.4. The van der Waals surface area contributed by atoms with Crippen LogP contribution in [0.1, 0.15) is 54.4 Å². The second-order valence-electron chi connectivity index (χ2n) is 7.11. The highest BCUT2D eigenvalue weighted by Gasteiger charge is 2.33. The molecule has 5 nitrogen and oxygen atoms in total. The van der Waals surface area contributed by atoms with Gasteiger partial charge in [0.05, 0.1) is 0 Å². The summed E-state index contributed by atoms with van der Waals surface area (Å²) in [6.45, 7) is 10.1. The molecule has 0 aromatic carbocycles. The number of ether oxygens (including phenoxy) is 2. The Hall–Kier alpha value is -1.40. The number of amides is 1. The van der Waals surface area contributed by atoms with Crippen molar-refractivity contribution < 1.29 is 27.8 Å². The van der Waals surface area contributed by atoms with Gasteiger partial charge in [-0.05, 0) is 48.0 Å². The van der Waals surface area contributed by atoms with E-state index in [1.165, 1.54) is 7.05 Å². The van der Waals surface area contributed by atoms with E-state index in [9.17, 15) is 18.4 Å². The number of hydrogen-bond acceptors (Lipinski definition) is 4. The van der Waals surface area contributed by atoms with Crippen molar-refractivity contribution in [2.45, 2.75) is 78.1 Å². The normalized spacial score (nSPS) is 13.7. The third-order valence-corrected chi connectivity index (χ3v) is 2.49. The molecule has 130 valence electrons. The second-order valence-corrected chi connectivity index (χ2v) is 7.11. The maximum Gasteiger partial charge on any atom is 0.410 e. The van der Waals surface area contributed by atoms with Crippen LogP contribution in [0.4, 0.5) is 13.6 Å². The van der Waals surface area contributed by atoms with Crippen molar-refractivity contribution in [1.29, 1.82) is 0 Å². The van der Waals surface area contributed by atoms with E-state index < -0.39 is 42.2 Å². The number of hydrogen-bond donors (Lipinski definition) is 0. The van der Waals surface area contributed by atoms with Crippen molar-refractivity contribution in [3.63, 3.8) is 0 Å². The van der Waals surface area contributed by atoms with E-state index in [0.29, 0.717) is 0 Å². The van der Waals surface area contributed by atoms with E-state index in [0.717, 1.165) is 4.90 Å². The lowest BCUT2D eigenvalue weighted by molar-refractivity contribution is -0.161. The lowest BCUT2D eigenvalue weighted by Gasteiger charge is -2.31. The van der Waals surface area contributed by atoms with Crippen molar-refractivity contribution >= 4 is 12.1 Å². The predicted octanol–water partition coefficient (Wildman–Crippen LogP) is 3.61. The summed E-state index contributed by atoms with van der Waals surface area (Å²) in [7, 11) is 1.34. The number of likely N-dealkylation sites (N-methyl/N-ethyl adjacent to an activating group) is 1. The van der Waals surface area contributed by atoms with Crippen LogP contribution in [0.2, 0.25) is 0 Å². The quantitative estimate of drug-likeness (QED) is 0.725. The summed E-state index contributed by atoms with van der Waals surface area (Å²) in [4.78, 5) is 25.2. The minimum atomic E-state index is -2.56. The summed E-state index contributed by atoms with van der Waals surface area (Å²) in [5.41, 5.74) is -1.51. The first-order valence-corrected chi connectivity index (χ1v) is 7.20. The van der Waals surface area contributed by atoms with E-state index in [2.05, 4.69) is 0 Å². The predicted molar refractivity (Wildman–Crippen MR) is 78.9 cm³/mol. The Kier molecular flexibility index (Phi) is 7.25. The first kappa shape index (κ1) is 20.6. The lowest BCUT2D eigenvalue weighted by atomic mass is 10.1. The number of nitrogens with zero attached hydrogens (tertiary/aromatic N) is 1. The molecule has 0 aliphatic rings. The maximum absolute atomic E-state index is 12.4. The van der Waals surface area contributed by atoms with Crippen LogP contribution in [0.15, 0.2) is 0 Å². The number of halogens is 2. The van der Waals surface area contributed by atoms with Gasteiger partial charge >= 0.3 is 12.1 Å². The highest BCUT2D eigenvalue weighted by atomic mass is 19.3. The maximum atomic E-state index is 12.4. The molecular formula is C15H27F2NO4. The van der Waals surface area contributed by atoms with Crippen molar-refractivity contribution in [3.8, 4) is 0 Å². The molecule has 0 aliphatic carbocycles. The molecule has 0 fully saturated rings. The zero-order chi connectivity index (χ0) is 17.7. The highest BCUT2D eigenvalue weighted by molar-refractivity contribution is 5.81. The molecule has 0 saturated carbocycles. The number of carbonyl (C=O) groups excluding carboxylic acids is 2. The number of esters is 1. The summed E-state index contributed by atoms with van der Waals surface area (Å²) < 4.78 is 35.3. The summed E-state index contributed by atoms with van der Waals surface area (Å²) in [5.74, 6) is -0.721. The van der Waals surface area contributed by atoms with Crippen LogP contribution in [0, 0.1) is 0 Å². The molecule has 0 bridgehead atoms. The van der Waals surface area contributed by atoms with E-state index in [1.54, 1.807) is 41.5 Å². The van der Waals surface area contributed by atoms with Gasteiger partial charge in [-0.3, -0.25) is 4.90 Å². The molecule has 0 N–H and O–H groups in total. The average Bonchev–Trinajstić information content (AvgIpc) is 2.23. The zero-order valence-electron chi connectivity index (χ0n) is 14.4. The van der Waals surface area contributed by atoms with Gasteiger partial charge in [0.2, 0.25) is 6.43 Å². The average molecular weight is 323 g/mol. The topological polar surface area (TPSA) is 55.8 Å². The van der Waals surface area contributed by atoms with Crippen LogP contribution >= 0.6 is 0 Å². The van der Waals surface area contributed by atoms with E-state index in [-0.39, 0.29) is 6.42 Å². The molecule has 0 aliphatic heterocycles. The Morgan fingerprint density at radius 3 is 1.77 bits per heavy atom. The Bertz CT molecular complexity index is 386. The van der Waals surface area contributed by atoms with Gasteiger partial charge in [0, 0.05) is 13.5 Å². The minimum Gasteiger partial charge on any atom is -0.458 e. The Labute approximate surface area is 130 Å². The second kappa shape index (κ2) is 7.74. The minimum absolute atomic E-state index is 0.192. The highest BCUT2D eigenvalue weighted by Crippen LogP contribution is 2.18. The Morgan fingerprint density at radius 2 is 1.41 bits per heavy atom. The SMILES string of the molecule is CN(C(=O)OC(C)(C)C)[C@@H](CCC(F)F)C(=O)OC(C)(C)C. The van der Waals surface area contributed by atoms with Gasteiger partial charge in [-0.1, -0.05) is 0 Å². The molecule has 0 aromatic heterocycles. The number of rotatable bonds is 5. The van der Waals surface area contributed by atoms with Crippen LogP contribution < -0.4 is 0 Å². The molecule has 0 saturated heterocycles. The van der Waals surface area contributed by atoms with Gasteiger partial charge < -0.3 is 9.47 Å². The first-order valence-electron chi connectivity index (χ1n) is 7.20. The molecule has 0 spiro atoms. The van der Waals surface area contributed by atoms with Gasteiger partial charge in [0.15, 0.2) is 0 Å². The molecule has 0 heterocycles. The lowest BCUT2D eigenvalue weighted by Crippen LogP contribution is -2.47. The van der Waals surface area contributed by atoms with E-state index in [4.69, 9.17) is 9.47 Å². The first-order chi connectivity index (χ1) is 9.73. The van der Waals surface area contributed by atoms with Crippen LogP contribution in [0.5, 0.6) is 0 Å². The van der Waals surface area contributed by atoms with Crippen molar-refractivity contribution in [1.82, 2.24) is 4.90 Å². The fourth-order valence-corrected chi connectivity index (χ4v) is 1.58. The van der Waals surface area contributed by atoms with Crippen LogP contribution in [0.25, 0.3) is 0 Å². The third-order valence-electron chi connectivity index (χ3n) is 2.49. The Morgan fingerprint density at radius 1 is 0.955 bits per heavy atom. The summed E-state index contributed by atoms with van der Waals surface area (Å²) in [5, 5.41) is 0. The molecular weight excluding hydrogens is 296 g/mol. The molecule has 0 rings (SSSR count).